The van der Waals surface area contributed by atoms with Gasteiger partial charge in [-0.1, -0.05) is 53.5 Å². The molecule has 2 aromatic heterocycles. The Hall–Kier alpha value is -3.01. The molecule has 0 unspecified atom stereocenters. The maximum Gasteiger partial charge on any atom is 0.211 e. The minimum atomic E-state index is -0.159. The minimum Gasteiger partial charge on any atom is -0.287 e. The lowest BCUT2D eigenvalue weighted by Gasteiger charge is -2.09. The van der Waals surface area contributed by atoms with Gasteiger partial charge in [0.2, 0.25) is 5.78 Å². The van der Waals surface area contributed by atoms with E-state index in [0.717, 1.165) is 11.1 Å². The molecule has 4 rings (SSSR count). The highest BCUT2D eigenvalue weighted by Gasteiger charge is 2.15. The zero-order chi connectivity index (χ0) is 19.5. The second-order valence-corrected chi connectivity index (χ2v) is 7.06. The van der Waals surface area contributed by atoms with Gasteiger partial charge in [0.1, 0.15) is 5.69 Å². The van der Waals surface area contributed by atoms with E-state index in [4.69, 9.17) is 28.2 Å². The fraction of sp³-hybridized carbons (Fsp3) is 0. The van der Waals surface area contributed by atoms with Crippen LogP contribution in [0.3, 0.4) is 0 Å². The summed E-state index contributed by atoms with van der Waals surface area (Å²) in [6.45, 7) is 0. The van der Waals surface area contributed by atoms with Gasteiger partial charge in [-0.3, -0.25) is 9.78 Å². The van der Waals surface area contributed by atoms with Crippen molar-refractivity contribution in [3.05, 3.63) is 106 Å². The van der Waals surface area contributed by atoms with Gasteiger partial charge in [-0.05, 0) is 48.5 Å². The van der Waals surface area contributed by atoms with E-state index in [1.54, 1.807) is 60.8 Å². The molecule has 0 radical (unpaired) electrons. The van der Waals surface area contributed by atoms with Crippen LogP contribution < -0.4 is 0 Å². The molecule has 0 amide bonds. The Morgan fingerprint density at radius 1 is 0.714 bits per heavy atom. The van der Waals surface area contributed by atoms with E-state index in [9.17, 15) is 4.79 Å². The number of carbonyl (C=O) groups is 1. The Morgan fingerprint density at radius 2 is 1.25 bits per heavy atom. The van der Waals surface area contributed by atoms with Gasteiger partial charge in [0.15, 0.2) is 0 Å². The number of hydrogen-bond acceptors (Lipinski definition) is 3. The highest BCUT2D eigenvalue weighted by Crippen LogP contribution is 2.27. The summed E-state index contributed by atoms with van der Waals surface area (Å²) in [5.74, 6) is -0.159. The van der Waals surface area contributed by atoms with Gasteiger partial charge in [0.05, 0.1) is 11.4 Å². The first-order valence-electron chi connectivity index (χ1n) is 8.60. The van der Waals surface area contributed by atoms with Crippen LogP contribution in [-0.2, 0) is 0 Å². The third-order valence-electron chi connectivity index (χ3n) is 4.27. The summed E-state index contributed by atoms with van der Waals surface area (Å²) in [5.41, 5.74) is 4.01. The third kappa shape index (κ3) is 3.96. The molecule has 28 heavy (non-hydrogen) atoms. The summed E-state index contributed by atoms with van der Waals surface area (Å²) in [6.07, 6.45) is 1.61. The number of hydrogen-bond donors (Lipinski definition) is 0. The predicted octanol–water partition coefficient (Wildman–Crippen LogP) is 6.35. The molecule has 0 saturated carbocycles. The van der Waals surface area contributed by atoms with E-state index in [-0.39, 0.29) is 5.78 Å². The maximum absolute atomic E-state index is 13.0. The summed E-state index contributed by atoms with van der Waals surface area (Å²) in [4.78, 5) is 21.9. The maximum atomic E-state index is 13.0. The van der Waals surface area contributed by atoms with E-state index in [0.29, 0.717) is 32.7 Å². The van der Waals surface area contributed by atoms with Gasteiger partial charge in [0, 0.05) is 32.9 Å². The SMILES string of the molecule is O=C(c1cc(-c2ccc(Cl)cc2)nc(-c2ccc(Cl)cc2)c1)c1ccccn1. The lowest BCUT2D eigenvalue weighted by molar-refractivity contribution is 0.103. The molecule has 0 aliphatic heterocycles. The number of halogens is 2. The smallest absolute Gasteiger partial charge is 0.211 e. The van der Waals surface area contributed by atoms with Crippen molar-refractivity contribution in [1.29, 1.82) is 0 Å². The molecule has 0 bridgehead atoms. The fourth-order valence-corrected chi connectivity index (χ4v) is 3.10. The van der Waals surface area contributed by atoms with Crippen LogP contribution in [0.25, 0.3) is 22.5 Å². The van der Waals surface area contributed by atoms with Gasteiger partial charge in [0.25, 0.3) is 0 Å². The molecule has 0 aliphatic rings. The van der Waals surface area contributed by atoms with Gasteiger partial charge in [-0.15, -0.1) is 0 Å². The summed E-state index contributed by atoms with van der Waals surface area (Å²) >= 11 is 12.0. The first-order valence-corrected chi connectivity index (χ1v) is 9.35. The van der Waals surface area contributed by atoms with Crippen LogP contribution >= 0.6 is 23.2 Å². The zero-order valence-electron chi connectivity index (χ0n) is 14.6. The molecule has 0 aliphatic carbocycles. The van der Waals surface area contributed by atoms with Gasteiger partial charge >= 0.3 is 0 Å². The summed E-state index contributed by atoms with van der Waals surface area (Å²) in [5, 5.41) is 1.28. The van der Waals surface area contributed by atoms with Crippen LogP contribution in [0.5, 0.6) is 0 Å². The standard InChI is InChI=1S/C23H14Cl2N2O/c24-18-8-4-15(5-9-18)21-13-17(23(28)20-3-1-2-12-26-20)14-22(27-21)16-6-10-19(25)11-7-16/h1-14H. The number of ketones is 1. The molecule has 0 atom stereocenters. The van der Waals surface area contributed by atoms with Crippen LogP contribution in [0.1, 0.15) is 16.1 Å². The number of carbonyl (C=O) groups excluding carboxylic acids is 1. The van der Waals surface area contributed by atoms with Crippen LogP contribution in [0.2, 0.25) is 10.0 Å². The molecule has 4 aromatic rings. The van der Waals surface area contributed by atoms with Crippen molar-refractivity contribution in [1.82, 2.24) is 9.97 Å². The topological polar surface area (TPSA) is 42.9 Å². The Bertz CT molecular complexity index is 1060. The van der Waals surface area contributed by atoms with Crippen LogP contribution in [-0.4, -0.2) is 15.8 Å². The average molecular weight is 405 g/mol. The molecule has 0 saturated heterocycles. The Labute approximate surface area is 172 Å². The number of benzene rings is 2. The van der Waals surface area contributed by atoms with Crippen molar-refractivity contribution in [2.45, 2.75) is 0 Å². The van der Waals surface area contributed by atoms with E-state index in [2.05, 4.69) is 4.98 Å². The van der Waals surface area contributed by atoms with E-state index in [1.807, 2.05) is 24.3 Å². The number of nitrogens with zero attached hydrogens (tertiary/aromatic N) is 2. The van der Waals surface area contributed by atoms with Crippen LogP contribution in [0.15, 0.2) is 85.1 Å². The molecular weight excluding hydrogens is 391 g/mol. The van der Waals surface area contributed by atoms with E-state index >= 15 is 0 Å². The Morgan fingerprint density at radius 3 is 1.71 bits per heavy atom. The lowest BCUT2D eigenvalue weighted by atomic mass is 10.0. The first kappa shape index (κ1) is 18.4. The van der Waals surface area contributed by atoms with Gasteiger partial charge in [-0.2, -0.15) is 0 Å². The Balaban J connectivity index is 1.86. The summed E-state index contributed by atoms with van der Waals surface area (Å²) < 4.78 is 0. The average Bonchev–Trinajstić information content (AvgIpc) is 2.74. The molecule has 0 N–H and O–H groups in total. The largest absolute Gasteiger partial charge is 0.287 e. The van der Waals surface area contributed by atoms with Crippen LogP contribution in [0.4, 0.5) is 0 Å². The van der Waals surface area contributed by atoms with Crippen molar-refractivity contribution < 1.29 is 4.79 Å². The van der Waals surface area contributed by atoms with Gasteiger partial charge < -0.3 is 0 Å². The number of aromatic nitrogens is 2. The number of rotatable bonds is 4. The van der Waals surface area contributed by atoms with Crippen molar-refractivity contribution in [3.63, 3.8) is 0 Å². The number of pyridine rings is 2. The molecule has 2 aromatic carbocycles. The van der Waals surface area contributed by atoms with Crippen molar-refractivity contribution in [2.24, 2.45) is 0 Å². The zero-order valence-corrected chi connectivity index (χ0v) is 16.2. The molecule has 2 heterocycles. The van der Waals surface area contributed by atoms with E-state index < -0.39 is 0 Å². The lowest BCUT2D eigenvalue weighted by Crippen LogP contribution is -2.05. The quantitative estimate of drug-likeness (QED) is 0.372. The molecular formula is C23H14Cl2N2O. The Kier molecular flexibility index (Phi) is 5.20. The van der Waals surface area contributed by atoms with Crippen molar-refractivity contribution in [2.75, 3.05) is 0 Å². The van der Waals surface area contributed by atoms with Crippen molar-refractivity contribution in [3.8, 4) is 22.5 Å². The fourth-order valence-electron chi connectivity index (χ4n) is 2.84. The molecule has 0 fully saturated rings. The van der Waals surface area contributed by atoms with Gasteiger partial charge in [-0.25, -0.2) is 4.98 Å². The van der Waals surface area contributed by atoms with Crippen LogP contribution in [0, 0.1) is 0 Å². The summed E-state index contributed by atoms with van der Waals surface area (Å²) in [7, 11) is 0. The predicted molar refractivity (Wildman–Crippen MR) is 113 cm³/mol. The highest BCUT2D eigenvalue weighted by molar-refractivity contribution is 6.30. The van der Waals surface area contributed by atoms with E-state index in [1.165, 1.54) is 0 Å². The second-order valence-electron chi connectivity index (χ2n) is 6.18. The monoisotopic (exact) mass is 404 g/mol. The normalized spacial score (nSPS) is 10.6. The molecule has 136 valence electrons. The molecule has 0 spiro atoms. The third-order valence-corrected chi connectivity index (χ3v) is 4.77. The summed E-state index contributed by atoms with van der Waals surface area (Å²) in [6, 6.07) is 23.5. The van der Waals surface area contributed by atoms with Crippen molar-refractivity contribution >= 4 is 29.0 Å². The molecule has 3 nitrogen and oxygen atoms in total. The minimum absolute atomic E-state index is 0.159. The second kappa shape index (κ2) is 7.93. The highest BCUT2D eigenvalue weighted by atomic mass is 35.5. The first-order chi connectivity index (χ1) is 13.6. The molecule has 5 heteroatoms.